The van der Waals surface area contributed by atoms with Crippen molar-refractivity contribution in [3.8, 4) is 0 Å². The van der Waals surface area contributed by atoms with Crippen LogP contribution in [-0.4, -0.2) is 11.7 Å². The van der Waals surface area contributed by atoms with E-state index < -0.39 is 0 Å². The molecule has 0 saturated heterocycles. The van der Waals surface area contributed by atoms with Crippen LogP contribution in [0, 0.1) is 0 Å². The van der Waals surface area contributed by atoms with E-state index in [-0.39, 0.29) is 42.1 Å². The van der Waals surface area contributed by atoms with E-state index in [2.05, 4.69) is 0 Å². The molecule has 1 aromatic carbocycles. The van der Waals surface area contributed by atoms with Crippen molar-refractivity contribution < 1.29 is 34.7 Å². The van der Waals surface area contributed by atoms with Gasteiger partial charge < -0.3 is 5.11 Å². The molecule has 0 heterocycles. The summed E-state index contributed by atoms with van der Waals surface area (Å²) in [5.41, 5.74) is 1.20. The molecule has 1 nitrogen and oxygen atoms in total. The maximum atomic E-state index is 8.79. The zero-order valence-electron chi connectivity index (χ0n) is 7.12. The van der Waals surface area contributed by atoms with Gasteiger partial charge in [-0.1, -0.05) is 37.3 Å². The van der Waals surface area contributed by atoms with Crippen molar-refractivity contribution in [2.24, 2.45) is 0 Å². The molecule has 0 bridgehead atoms. The second-order valence-electron chi connectivity index (χ2n) is 2.49. The molecule has 1 rings (SSSR count). The number of aliphatic hydroxyl groups is 1. The van der Waals surface area contributed by atoms with Crippen LogP contribution < -0.4 is 29.6 Å². The summed E-state index contributed by atoms with van der Waals surface area (Å²) >= 11 is 0. The van der Waals surface area contributed by atoms with Gasteiger partial charge in [0.15, 0.2) is 0 Å². The molecule has 2 heteroatoms. The first-order valence-corrected chi connectivity index (χ1v) is 3.50. The Bertz CT molecular complexity index is 186. The second kappa shape index (κ2) is 5.78. The number of aliphatic hydroxyl groups excluding tert-OH is 1. The Morgan fingerprint density at radius 3 is 2.27 bits per heavy atom. The van der Waals surface area contributed by atoms with Gasteiger partial charge in [0.05, 0.1) is 0 Å². The van der Waals surface area contributed by atoms with Gasteiger partial charge in [0.1, 0.15) is 0 Å². The van der Waals surface area contributed by atoms with Crippen LogP contribution in [-0.2, 0) is 0 Å². The van der Waals surface area contributed by atoms with E-state index in [0.717, 1.165) is 0 Å². The predicted octanol–water partition coefficient (Wildman–Crippen LogP) is -1.21. The van der Waals surface area contributed by atoms with Crippen LogP contribution in [0.1, 0.15) is 18.4 Å². The third kappa shape index (κ3) is 3.39. The van der Waals surface area contributed by atoms with Crippen LogP contribution in [0.15, 0.2) is 30.3 Å². The molecule has 0 aliphatic heterocycles. The number of hydrogen-bond acceptors (Lipinski definition) is 1. The van der Waals surface area contributed by atoms with Gasteiger partial charge in [-0.3, -0.25) is 0 Å². The summed E-state index contributed by atoms with van der Waals surface area (Å²) in [6.45, 7) is 2.24. The van der Waals surface area contributed by atoms with Crippen molar-refractivity contribution in [3.63, 3.8) is 0 Å². The molecule has 0 aliphatic carbocycles. The standard InChI is InChI=1S/C9H12O.Na/c1-8(7-10)9-5-3-2-4-6-9;/h2-6,8,10H,7H2,1H3;/q;+1. The van der Waals surface area contributed by atoms with E-state index in [9.17, 15) is 0 Å². The molecule has 1 N–H and O–H groups in total. The molecular formula is C9H12NaO+. The maximum Gasteiger partial charge on any atom is 1.00 e. The maximum absolute atomic E-state index is 8.79. The smallest absolute Gasteiger partial charge is 0.396 e. The van der Waals surface area contributed by atoms with E-state index in [4.69, 9.17) is 5.11 Å². The fourth-order valence-corrected chi connectivity index (χ4v) is 0.887. The minimum atomic E-state index is 0. The van der Waals surface area contributed by atoms with Gasteiger partial charge in [0.25, 0.3) is 0 Å². The summed E-state index contributed by atoms with van der Waals surface area (Å²) in [4.78, 5) is 0. The second-order valence-corrected chi connectivity index (χ2v) is 2.49. The fraction of sp³-hybridized carbons (Fsp3) is 0.333. The molecular weight excluding hydrogens is 147 g/mol. The summed E-state index contributed by atoms with van der Waals surface area (Å²) in [6, 6.07) is 10.0. The van der Waals surface area contributed by atoms with Gasteiger partial charge in [-0.25, -0.2) is 0 Å². The SMILES string of the molecule is CC(CO)c1ccccc1.[Na+]. The Morgan fingerprint density at radius 2 is 1.82 bits per heavy atom. The zero-order valence-corrected chi connectivity index (χ0v) is 9.12. The van der Waals surface area contributed by atoms with Crippen LogP contribution in [0.25, 0.3) is 0 Å². The van der Waals surface area contributed by atoms with Crippen LogP contribution in [0.4, 0.5) is 0 Å². The molecule has 0 radical (unpaired) electrons. The minimum Gasteiger partial charge on any atom is -0.396 e. The Balaban J connectivity index is 0.000001000. The quantitative estimate of drug-likeness (QED) is 0.537. The molecule has 0 fully saturated rings. The van der Waals surface area contributed by atoms with Crippen molar-refractivity contribution in [2.75, 3.05) is 6.61 Å². The summed E-state index contributed by atoms with van der Waals surface area (Å²) < 4.78 is 0. The van der Waals surface area contributed by atoms with E-state index >= 15 is 0 Å². The Morgan fingerprint density at radius 1 is 1.27 bits per heavy atom. The fourth-order valence-electron chi connectivity index (χ4n) is 0.887. The molecule has 11 heavy (non-hydrogen) atoms. The number of rotatable bonds is 2. The summed E-state index contributed by atoms with van der Waals surface area (Å²) in [7, 11) is 0. The average molecular weight is 159 g/mol. The molecule has 1 atom stereocenters. The van der Waals surface area contributed by atoms with Crippen LogP contribution in [0.5, 0.6) is 0 Å². The van der Waals surface area contributed by atoms with Crippen molar-refractivity contribution in [2.45, 2.75) is 12.8 Å². The topological polar surface area (TPSA) is 20.2 Å². The van der Waals surface area contributed by atoms with Crippen molar-refractivity contribution in [3.05, 3.63) is 35.9 Å². The van der Waals surface area contributed by atoms with E-state index in [0.29, 0.717) is 0 Å². The Kier molecular flexibility index (Phi) is 5.88. The van der Waals surface area contributed by atoms with Crippen LogP contribution in [0.3, 0.4) is 0 Å². The van der Waals surface area contributed by atoms with Gasteiger partial charge in [0.2, 0.25) is 0 Å². The first kappa shape index (κ1) is 11.2. The van der Waals surface area contributed by atoms with Crippen molar-refractivity contribution in [1.29, 1.82) is 0 Å². The average Bonchev–Trinajstić information content (AvgIpc) is 2.05. The normalized spacial score (nSPS) is 11.8. The molecule has 0 aliphatic rings. The minimum absolute atomic E-state index is 0. The molecule has 0 saturated carbocycles. The van der Waals surface area contributed by atoms with Crippen molar-refractivity contribution in [1.82, 2.24) is 0 Å². The third-order valence-electron chi connectivity index (χ3n) is 1.64. The van der Waals surface area contributed by atoms with E-state index in [1.807, 2.05) is 37.3 Å². The van der Waals surface area contributed by atoms with Gasteiger partial charge in [0, 0.05) is 12.5 Å². The van der Waals surface area contributed by atoms with Gasteiger partial charge in [-0.05, 0) is 5.56 Å². The third-order valence-corrected chi connectivity index (χ3v) is 1.64. The molecule has 0 aromatic heterocycles. The summed E-state index contributed by atoms with van der Waals surface area (Å²) in [5.74, 6) is 0.265. The monoisotopic (exact) mass is 159 g/mol. The molecule has 0 spiro atoms. The van der Waals surface area contributed by atoms with Crippen LogP contribution >= 0.6 is 0 Å². The van der Waals surface area contributed by atoms with Gasteiger partial charge in [-0.15, -0.1) is 0 Å². The van der Waals surface area contributed by atoms with Crippen molar-refractivity contribution >= 4 is 0 Å². The predicted molar refractivity (Wildman–Crippen MR) is 41.9 cm³/mol. The first-order chi connectivity index (χ1) is 4.84. The number of hydrogen-bond donors (Lipinski definition) is 1. The summed E-state index contributed by atoms with van der Waals surface area (Å²) in [5, 5.41) is 8.79. The molecule has 1 aromatic rings. The van der Waals surface area contributed by atoms with Crippen LogP contribution in [0.2, 0.25) is 0 Å². The first-order valence-electron chi connectivity index (χ1n) is 3.50. The number of benzene rings is 1. The van der Waals surface area contributed by atoms with Gasteiger partial charge in [-0.2, -0.15) is 0 Å². The molecule has 0 amide bonds. The molecule has 54 valence electrons. The van der Waals surface area contributed by atoms with E-state index in [1.165, 1.54) is 5.56 Å². The summed E-state index contributed by atoms with van der Waals surface area (Å²) in [6.07, 6.45) is 0. The van der Waals surface area contributed by atoms with Gasteiger partial charge >= 0.3 is 29.6 Å². The van der Waals surface area contributed by atoms with E-state index in [1.54, 1.807) is 0 Å². The zero-order chi connectivity index (χ0) is 7.40. The largest absolute Gasteiger partial charge is 1.00 e. The Labute approximate surface area is 89.7 Å². The molecule has 1 unspecified atom stereocenters. The Hall–Kier alpha value is 0.180.